The summed E-state index contributed by atoms with van der Waals surface area (Å²) in [6.07, 6.45) is 1.09. The van der Waals surface area contributed by atoms with Crippen LogP contribution >= 0.6 is 22.6 Å². The summed E-state index contributed by atoms with van der Waals surface area (Å²) in [5, 5.41) is 2.95. The molecule has 2 unspecified atom stereocenters. The topological polar surface area (TPSA) is 58.4 Å². The van der Waals surface area contributed by atoms with E-state index in [2.05, 4.69) is 39.7 Å². The second-order valence-corrected chi connectivity index (χ2v) is 6.42. The lowest BCUT2D eigenvalue weighted by Crippen LogP contribution is -2.36. The van der Waals surface area contributed by atoms with Crippen LogP contribution in [0.3, 0.4) is 0 Å². The maximum Gasteiger partial charge on any atom is 0.238 e. The number of likely N-dealkylation sites (tertiary alicyclic amines) is 1. The Labute approximate surface area is 127 Å². The Kier molecular flexibility index (Phi) is 5.18. The average Bonchev–Trinajstić information content (AvgIpc) is 2.70. The molecule has 0 aliphatic carbocycles. The van der Waals surface area contributed by atoms with Gasteiger partial charge in [-0.2, -0.15) is 0 Å². The summed E-state index contributed by atoms with van der Waals surface area (Å²) in [6.45, 7) is 4.24. The quantitative estimate of drug-likeness (QED) is 0.793. The third-order valence-corrected chi connectivity index (χ3v) is 4.25. The summed E-state index contributed by atoms with van der Waals surface area (Å²) in [5.74, 6) is 0.576. The number of halogens is 1. The molecule has 104 valence electrons. The lowest BCUT2D eigenvalue weighted by atomic mass is 10.1. The first-order chi connectivity index (χ1) is 9.08. The maximum absolute atomic E-state index is 12.0. The Morgan fingerprint density at radius 1 is 1.58 bits per heavy atom. The van der Waals surface area contributed by atoms with Gasteiger partial charge in [-0.25, -0.2) is 0 Å². The van der Waals surface area contributed by atoms with E-state index in [0.29, 0.717) is 25.0 Å². The normalized spacial score (nSPS) is 23.5. The van der Waals surface area contributed by atoms with E-state index in [0.717, 1.165) is 22.2 Å². The predicted molar refractivity (Wildman–Crippen MR) is 86.0 cm³/mol. The zero-order chi connectivity index (χ0) is 13.8. The zero-order valence-corrected chi connectivity index (χ0v) is 13.3. The van der Waals surface area contributed by atoms with Gasteiger partial charge in [0.1, 0.15) is 0 Å². The molecule has 5 heteroatoms. The molecule has 1 aliphatic rings. The van der Waals surface area contributed by atoms with Gasteiger partial charge in [0.15, 0.2) is 0 Å². The molecule has 1 heterocycles. The number of anilines is 1. The minimum Gasteiger partial charge on any atom is -0.330 e. The number of rotatable bonds is 4. The van der Waals surface area contributed by atoms with Crippen LogP contribution in [0, 0.1) is 9.49 Å². The molecule has 0 saturated carbocycles. The first-order valence-corrected chi connectivity index (χ1v) is 7.66. The number of hydrogen-bond donors (Lipinski definition) is 2. The summed E-state index contributed by atoms with van der Waals surface area (Å²) in [5.41, 5.74) is 6.56. The Morgan fingerprint density at radius 2 is 2.37 bits per heavy atom. The number of carbonyl (C=O) groups excluding carboxylic acids is 1. The Balaban J connectivity index is 1.88. The summed E-state index contributed by atoms with van der Waals surface area (Å²) < 4.78 is 1.12. The highest BCUT2D eigenvalue weighted by atomic mass is 127. The number of carbonyl (C=O) groups is 1. The Morgan fingerprint density at radius 3 is 3.00 bits per heavy atom. The molecule has 0 radical (unpaired) electrons. The third-order valence-electron chi connectivity index (χ3n) is 3.58. The number of nitrogens with zero attached hydrogens (tertiary/aromatic N) is 1. The van der Waals surface area contributed by atoms with E-state index in [4.69, 9.17) is 5.73 Å². The van der Waals surface area contributed by atoms with E-state index in [1.54, 1.807) is 0 Å². The summed E-state index contributed by atoms with van der Waals surface area (Å²) >= 11 is 2.24. The van der Waals surface area contributed by atoms with Crippen molar-refractivity contribution in [3.63, 3.8) is 0 Å². The van der Waals surface area contributed by atoms with Crippen molar-refractivity contribution in [3.8, 4) is 0 Å². The molecule has 2 atom stereocenters. The highest BCUT2D eigenvalue weighted by Gasteiger charge is 2.29. The number of nitrogens with one attached hydrogen (secondary N) is 1. The first-order valence-electron chi connectivity index (χ1n) is 6.58. The van der Waals surface area contributed by atoms with Crippen LogP contribution in [0.15, 0.2) is 24.3 Å². The van der Waals surface area contributed by atoms with Crippen molar-refractivity contribution in [1.29, 1.82) is 0 Å². The molecule has 1 amide bonds. The average molecular weight is 373 g/mol. The molecule has 1 fully saturated rings. The molecule has 1 aromatic carbocycles. The predicted octanol–water partition coefficient (Wildman–Crippen LogP) is 1.90. The van der Waals surface area contributed by atoms with Crippen LogP contribution in [0.5, 0.6) is 0 Å². The van der Waals surface area contributed by atoms with Gasteiger partial charge < -0.3 is 11.1 Å². The van der Waals surface area contributed by atoms with Gasteiger partial charge in [-0.05, 0) is 66.6 Å². The zero-order valence-electron chi connectivity index (χ0n) is 11.1. The molecule has 4 nitrogen and oxygen atoms in total. The van der Waals surface area contributed by atoms with Crippen molar-refractivity contribution in [3.05, 3.63) is 27.8 Å². The third kappa shape index (κ3) is 4.15. The molecule has 2 rings (SSSR count). The van der Waals surface area contributed by atoms with E-state index < -0.39 is 0 Å². The van der Waals surface area contributed by atoms with Crippen molar-refractivity contribution in [2.24, 2.45) is 11.7 Å². The standard InChI is InChI=1S/C14H20IN3O/c1-10-5-11(7-16)8-18(10)9-14(19)17-13-4-2-3-12(15)6-13/h2-4,6,10-11H,5,7-9,16H2,1H3,(H,17,19). The van der Waals surface area contributed by atoms with Crippen LogP contribution < -0.4 is 11.1 Å². The Hall–Kier alpha value is -0.660. The highest BCUT2D eigenvalue weighted by molar-refractivity contribution is 14.1. The van der Waals surface area contributed by atoms with Crippen LogP contribution in [-0.4, -0.2) is 36.5 Å². The molecule has 0 aromatic heterocycles. The van der Waals surface area contributed by atoms with E-state index in [1.165, 1.54) is 0 Å². The van der Waals surface area contributed by atoms with Gasteiger partial charge in [0, 0.05) is 21.8 Å². The molecule has 1 aromatic rings. The van der Waals surface area contributed by atoms with Gasteiger partial charge in [-0.3, -0.25) is 9.69 Å². The van der Waals surface area contributed by atoms with E-state index in [-0.39, 0.29) is 5.91 Å². The highest BCUT2D eigenvalue weighted by Crippen LogP contribution is 2.21. The molecular formula is C14H20IN3O. The van der Waals surface area contributed by atoms with Gasteiger partial charge in [0.2, 0.25) is 5.91 Å². The summed E-state index contributed by atoms with van der Waals surface area (Å²) in [6, 6.07) is 8.27. The van der Waals surface area contributed by atoms with Crippen molar-refractivity contribution in [2.45, 2.75) is 19.4 Å². The van der Waals surface area contributed by atoms with E-state index in [1.807, 2.05) is 24.3 Å². The van der Waals surface area contributed by atoms with Crippen molar-refractivity contribution in [2.75, 3.05) is 25.0 Å². The van der Waals surface area contributed by atoms with Crippen molar-refractivity contribution < 1.29 is 4.79 Å². The van der Waals surface area contributed by atoms with Crippen LogP contribution in [0.4, 0.5) is 5.69 Å². The smallest absolute Gasteiger partial charge is 0.238 e. The van der Waals surface area contributed by atoms with Crippen molar-refractivity contribution in [1.82, 2.24) is 4.90 Å². The fourth-order valence-electron chi connectivity index (χ4n) is 2.56. The van der Waals surface area contributed by atoms with Gasteiger partial charge in [0.25, 0.3) is 0 Å². The maximum atomic E-state index is 12.0. The number of nitrogens with two attached hydrogens (primary N) is 1. The van der Waals surface area contributed by atoms with Crippen LogP contribution in [0.1, 0.15) is 13.3 Å². The summed E-state index contributed by atoms with van der Waals surface area (Å²) in [4.78, 5) is 14.2. The van der Waals surface area contributed by atoms with E-state index in [9.17, 15) is 4.79 Å². The van der Waals surface area contributed by atoms with Gasteiger partial charge in [-0.1, -0.05) is 6.07 Å². The second-order valence-electron chi connectivity index (χ2n) is 5.17. The van der Waals surface area contributed by atoms with E-state index >= 15 is 0 Å². The number of benzene rings is 1. The molecule has 0 bridgehead atoms. The van der Waals surface area contributed by atoms with Crippen LogP contribution in [0.25, 0.3) is 0 Å². The molecular weight excluding hydrogens is 353 g/mol. The molecule has 0 spiro atoms. The van der Waals surface area contributed by atoms with Gasteiger partial charge >= 0.3 is 0 Å². The summed E-state index contributed by atoms with van der Waals surface area (Å²) in [7, 11) is 0. The van der Waals surface area contributed by atoms with Crippen LogP contribution in [0.2, 0.25) is 0 Å². The van der Waals surface area contributed by atoms with Gasteiger partial charge in [0.05, 0.1) is 6.54 Å². The lowest BCUT2D eigenvalue weighted by Gasteiger charge is -2.20. The van der Waals surface area contributed by atoms with Crippen LogP contribution in [-0.2, 0) is 4.79 Å². The largest absolute Gasteiger partial charge is 0.330 e. The van der Waals surface area contributed by atoms with Crippen molar-refractivity contribution >= 4 is 34.2 Å². The lowest BCUT2D eigenvalue weighted by molar-refractivity contribution is -0.117. The molecule has 3 N–H and O–H groups in total. The van der Waals surface area contributed by atoms with Gasteiger partial charge in [-0.15, -0.1) is 0 Å². The fraction of sp³-hybridized carbons (Fsp3) is 0.500. The molecule has 1 saturated heterocycles. The number of amides is 1. The second kappa shape index (κ2) is 6.67. The molecule has 1 aliphatic heterocycles. The monoisotopic (exact) mass is 373 g/mol. The number of hydrogen-bond acceptors (Lipinski definition) is 3. The minimum absolute atomic E-state index is 0.0477. The minimum atomic E-state index is 0.0477. The first kappa shape index (κ1) is 14.7. The molecule has 19 heavy (non-hydrogen) atoms. The SMILES string of the molecule is CC1CC(CN)CN1CC(=O)Nc1cccc(I)c1. The fourth-order valence-corrected chi connectivity index (χ4v) is 3.10. The Bertz CT molecular complexity index is 452.